The number of rotatable bonds is 11. The van der Waals surface area contributed by atoms with E-state index in [1.165, 1.54) is 0 Å². The summed E-state index contributed by atoms with van der Waals surface area (Å²) in [6.45, 7) is -1.97. The molecule has 0 bridgehead atoms. The van der Waals surface area contributed by atoms with Crippen LogP contribution in [0.5, 0.6) is 0 Å². The number of hydrogen-bond donors (Lipinski definition) is 5. The van der Waals surface area contributed by atoms with Gasteiger partial charge in [-0.1, -0.05) is 11.8 Å². The van der Waals surface area contributed by atoms with Crippen molar-refractivity contribution in [3.8, 4) is 11.8 Å². The van der Waals surface area contributed by atoms with Crippen LogP contribution in [0.15, 0.2) is 15.8 Å². The maximum Gasteiger partial charge on any atom is 0.330 e. The highest BCUT2D eigenvalue weighted by Gasteiger charge is 2.45. The van der Waals surface area contributed by atoms with Gasteiger partial charge in [0.15, 0.2) is 6.23 Å². The highest BCUT2D eigenvalue weighted by molar-refractivity contribution is 7.64. The molecule has 2 heterocycles. The Bertz CT molecular complexity index is 1340. The molecule has 214 valence electrons. The number of aliphatic hydroxyl groups excluding tert-OH is 2. The Morgan fingerprint density at radius 2 is 1.82 bits per heavy atom. The van der Waals surface area contributed by atoms with E-state index in [9.17, 15) is 57.9 Å². The third-order valence-corrected chi connectivity index (χ3v) is 7.85. The highest BCUT2D eigenvalue weighted by Crippen LogP contribution is 2.60. The van der Waals surface area contributed by atoms with Crippen LogP contribution in [0.2, 0.25) is 0 Å². The zero-order valence-corrected chi connectivity index (χ0v) is 21.1. The maximum atomic E-state index is 12.2. The number of H-pyrrole nitrogens is 1. The molecule has 0 spiro atoms. The molecule has 1 fully saturated rings. The molecule has 1 saturated heterocycles. The Morgan fingerprint density at radius 3 is 2.42 bits per heavy atom. The lowest BCUT2D eigenvalue weighted by molar-refractivity contribution is -0.339. The lowest BCUT2D eigenvalue weighted by Gasteiger charge is -2.37. The second kappa shape index (κ2) is 12.8. The molecule has 21 nitrogen and oxygen atoms in total. The molecular formula is C14H17N4O17P3-4. The maximum absolute atomic E-state index is 12.2. The van der Waals surface area contributed by atoms with Crippen LogP contribution in [0.3, 0.4) is 0 Å². The fourth-order valence-electron chi connectivity index (χ4n) is 2.72. The molecule has 6 N–H and O–H groups in total. The second-order valence-corrected chi connectivity index (χ2v) is 11.2. The van der Waals surface area contributed by atoms with E-state index >= 15 is 0 Å². The zero-order valence-electron chi connectivity index (χ0n) is 18.4. The summed E-state index contributed by atoms with van der Waals surface area (Å²) >= 11 is 0. The standard InChI is InChI=1S/C14H21N4O17P3/c15-31-6-9(19)16-3-1-2-7-4-18(14(23)17-12(7)22)13-11(21)10(20)8(33-13)5-32-37(27,28)35-38(29,30)34-36(24,25)26/h4,8,10-11,13,20-21H,3,5-6,15H2,(H,16,19)(H,27,28)(H,29,30)(H,17,22,23)(H2,24,25,26)/p-4/t8-,10-,11-,13-/m1/s1. The summed E-state index contributed by atoms with van der Waals surface area (Å²) in [4.78, 5) is 85.0. The van der Waals surface area contributed by atoms with Gasteiger partial charge < -0.3 is 48.9 Å². The van der Waals surface area contributed by atoms with Crippen molar-refractivity contribution >= 4 is 29.4 Å². The predicted octanol–water partition coefficient (Wildman–Crippen LogP) is -6.67. The fourth-order valence-corrected chi connectivity index (χ4v) is 5.58. The lowest BCUT2D eigenvalue weighted by atomic mass is 10.1. The van der Waals surface area contributed by atoms with Gasteiger partial charge in [0.1, 0.15) is 30.5 Å². The van der Waals surface area contributed by atoms with Gasteiger partial charge in [0.05, 0.1) is 21.0 Å². The average Bonchev–Trinajstić information content (AvgIpc) is 3.02. The van der Waals surface area contributed by atoms with Crippen molar-refractivity contribution in [3.63, 3.8) is 0 Å². The molecule has 0 aromatic carbocycles. The van der Waals surface area contributed by atoms with E-state index in [1.807, 2.05) is 4.98 Å². The van der Waals surface area contributed by atoms with Gasteiger partial charge in [0.2, 0.25) is 5.91 Å². The van der Waals surface area contributed by atoms with E-state index in [0.717, 1.165) is 6.20 Å². The van der Waals surface area contributed by atoms with Gasteiger partial charge in [-0.2, -0.15) is 0 Å². The third kappa shape index (κ3) is 9.59. The van der Waals surface area contributed by atoms with Gasteiger partial charge in [0, 0.05) is 6.20 Å². The van der Waals surface area contributed by atoms with Gasteiger partial charge in [-0.3, -0.25) is 37.4 Å². The molecule has 2 rings (SSSR count). The number of aliphatic hydroxyl groups is 2. The van der Waals surface area contributed by atoms with E-state index < -0.39 is 78.4 Å². The van der Waals surface area contributed by atoms with Crippen LogP contribution in [0.1, 0.15) is 11.8 Å². The monoisotopic (exact) mass is 606 g/mol. The van der Waals surface area contributed by atoms with Crippen LogP contribution >= 0.6 is 23.5 Å². The van der Waals surface area contributed by atoms with Crippen LogP contribution < -0.4 is 42.0 Å². The molecule has 0 radical (unpaired) electrons. The largest absolute Gasteiger partial charge is 0.790 e. The van der Waals surface area contributed by atoms with Crippen LogP contribution in [-0.4, -0.2) is 63.7 Å². The molecule has 0 aliphatic carbocycles. The topological polar surface area (TPSA) is 340 Å². The number of nitrogens with two attached hydrogens (primary N) is 1. The minimum Gasteiger partial charge on any atom is -0.790 e. The second-order valence-electron chi connectivity index (χ2n) is 6.95. The van der Waals surface area contributed by atoms with E-state index in [0.29, 0.717) is 4.57 Å². The van der Waals surface area contributed by atoms with E-state index in [2.05, 4.69) is 35.1 Å². The van der Waals surface area contributed by atoms with Gasteiger partial charge in [-0.05, 0) is 0 Å². The van der Waals surface area contributed by atoms with Crippen LogP contribution in [-0.2, 0) is 41.2 Å². The molecule has 1 aromatic rings. The van der Waals surface area contributed by atoms with Crippen molar-refractivity contribution in [1.82, 2.24) is 14.9 Å². The zero-order chi connectivity index (χ0) is 28.9. The van der Waals surface area contributed by atoms with Crippen molar-refractivity contribution in [1.29, 1.82) is 0 Å². The number of carbonyl (C=O) groups is 1. The smallest absolute Gasteiger partial charge is 0.330 e. The van der Waals surface area contributed by atoms with Crippen molar-refractivity contribution in [3.05, 3.63) is 32.6 Å². The first kappa shape index (κ1) is 32.1. The first-order valence-electron chi connectivity index (χ1n) is 9.60. The Balaban J connectivity index is 2.13. The van der Waals surface area contributed by atoms with E-state index in [-0.39, 0.29) is 12.1 Å². The van der Waals surface area contributed by atoms with Gasteiger partial charge >= 0.3 is 5.69 Å². The quantitative estimate of drug-likeness (QED) is 0.0887. The average molecular weight is 606 g/mol. The van der Waals surface area contributed by atoms with Gasteiger partial charge in [0.25, 0.3) is 21.2 Å². The SMILES string of the molecule is NOCC(=O)NCC#Cc1cn([C@@H]2O[C@H](COP(=O)([O-])OP(=O)([O-])OP(=O)([O-])[O-])[C@@H](O)[C@H]2O)c(=O)[nH]c1=O. The van der Waals surface area contributed by atoms with Crippen molar-refractivity contribution in [2.24, 2.45) is 5.90 Å². The number of hydrogen-bond acceptors (Lipinski definition) is 18. The summed E-state index contributed by atoms with van der Waals surface area (Å²) in [5.41, 5.74) is -2.50. The molecule has 1 aliphatic heterocycles. The molecule has 2 unspecified atom stereocenters. The first-order chi connectivity index (χ1) is 17.4. The van der Waals surface area contributed by atoms with Crippen LogP contribution in [0, 0.1) is 11.8 Å². The summed E-state index contributed by atoms with van der Waals surface area (Å²) < 4.78 is 49.5. The first-order valence-corrected chi connectivity index (χ1v) is 14.0. The van der Waals surface area contributed by atoms with E-state index in [4.69, 9.17) is 10.6 Å². The normalized spacial score (nSPS) is 24.6. The Labute approximate surface area is 210 Å². The summed E-state index contributed by atoms with van der Waals surface area (Å²) in [5, 5.41) is 22.7. The molecular weight excluding hydrogens is 589 g/mol. The predicted molar refractivity (Wildman–Crippen MR) is 108 cm³/mol. The molecule has 38 heavy (non-hydrogen) atoms. The van der Waals surface area contributed by atoms with Gasteiger partial charge in [-0.15, -0.1) is 0 Å². The minimum atomic E-state index is -6.24. The lowest BCUT2D eigenvalue weighted by Crippen LogP contribution is -2.38. The third-order valence-electron chi connectivity index (χ3n) is 4.19. The number of phosphoric ester groups is 1. The minimum absolute atomic E-state index is 0.263. The Hall–Kier alpha value is -2.08. The molecule has 6 atom stereocenters. The number of amides is 1. The number of carbonyl (C=O) groups excluding carboxylic acids is 1. The number of ether oxygens (including phenoxy) is 1. The number of nitrogens with zero attached hydrogens (tertiary/aromatic N) is 1. The summed E-state index contributed by atoms with van der Waals surface area (Å²) in [7, 11) is -18.4. The van der Waals surface area contributed by atoms with Crippen LogP contribution in [0.4, 0.5) is 0 Å². The summed E-state index contributed by atoms with van der Waals surface area (Å²) in [6.07, 6.45) is -6.63. The number of nitrogens with one attached hydrogen (secondary N) is 2. The van der Waals surface area contributed by atoms with Crippen molar-refractivity contribution < 1.29 is 71.0 Å². The number of aromatic amines is 1. The van der Waals surface area contributed by atoms with Crippen LogP contribution in [0.25, 0.3) is 0 Å². The van der Waals surface area contributed by atoms with E-state index in [1.54, 1.807) is 0 Å². The molecule has 1 aromatic heterocycles. The molecule has 0 saturated carbocycles. The highest BCUT2D eigenvalue weighted by atomic mass is 31.3. The van der Waals surface area contributed by atoms with Crippen molar-refractivity contribution in [2.45, 2.75) is 24.5 Å². The van der Waals surface area contributed by atoms with Crippen molar-refractivity contribution in [2.75, 3.05) is 19.8 Å². The fraction of sp³-hybridized carbons (Fsp3) is 0.500. The Morgan fingerprint density at radius 1 is 1.16 bits per heavy atom. The molecule has 24 heteroatoms. The molecule has 1 amide bonds. The summed E-state index contributed by atoms with van der Waals surface area (Å²) in [5.74, 6) is 8.81. The molecule has 1 aliphatic rings. The summed E-state index contributed by atoms with van der Waals surface area (Å²) in [6, 6.07) is 0. The number of aromatic nitrogens is 2. The van der Waals surface area contributed by atoms with Gasteiger partial charge in [-0.25, -0.2) is 15.0 Å². The number of phosphoric acid groups is 3. The Kier molecular flexibility index (Phi) is 10.9.